The van der Waals surface area contributed by atoms with Gasteiger partial charge in [-0.3, -0.25) is 4.79 Å². The quantitative estimate of drug-likeness (QED) is 0.867. The van der Waals surface area contributed by atoms with Crippen LogP contribution in [0.4, 0.5) is 0 Å². The van der Waals surface area contributed by atoms with Crippen LogP contribution in [0.3, 0.4) is 0 Å². The molecule has 21 heavy (non-hydrogen) atoms. The minimum absolute atomic E-state index is 0.211. The maximum Gasteiger partial charge on any atom is 0.274 e. The van der Waals surface area contributed by atoms with E-state index in [2.05, 4.69) is 16.8 Å². The normalized spacial score (nSPS) is 9.81. The van der Waals surface area contributed by atoms with E-state index in [1.165, 1.54) is 0 Å². The lowest BCUT2D eigenvalue weighted by Crippen LogP contribution is -2.31. The van der Waals surface area contributed by atoms with Crippen molar-refractivity contribution < 1.29 is 14.3 Å². The van der Waals surface area contributed by atoms with Crippen LogP contribution < -0.4 is 0 Å². The van der Waals surface area contributed by atoms with Gasteiger partial charge in [0.25, 0.3) is 5.91 Å². The molecule has 0 fully saturated rings. The van der Waals surface area contributed by atoms with Crippen molar-refractivity contribution in [3.63, 3.8) is 0 Å². The highest BCUT2D eigenvalue weighted by Crippen LogP contribution is 2.12. The summed E-state index contributed by atoms with van der Waals surface area (Å²) in [6, 6.07) is 7.03. The van der Waals surface area contributed by atoms with Gasteiger partial charge < -0.3 is 14.4 Å². The summed E-state index contributed by atoms with van der Waals surface area (Å²) in [7, 11) is 0. The van der Waals surface area contributed by atoms with Gasteiger partial charge in [0.15, 0.2) is 0 Å². The summed E-state index contributed by atoms with van der Waals surface area (Å²) < 4.78 is 5.27. The fourth-order valence-electron chi connectivity index (χ4n) is 1.88. The minimum Gasteiger partial charge on any atom is -0.467 e. The molecular weight excluding hydrogens is 268 g/mol. The molecule has 0 aromatic carbocycles. The van der Waals surface area contributed by atoms with Gasteiger partial charge in [0.2, 0.25) is 0 Å². The van der Waals surface area contributed by atoms with E-state index >= 15 is 0 Å². The highest BCUT2D eigenvalue weighted by atomic mass is 16.3. The van der Waals surface area contributed by atoms with Gasteiger partial charge in [-0.2, -0.15) is 0 Å². The summed E-state index contributed by atoms with van der Waals surface area (Å²) in [4.78, 5) is 18.3. The molecule has 5 heteroatoms. The van der Waals surface area contributed by atoms with E-state index in [0.29, 0.717) is 24.4 Å². The van der Waals surface area contributed by atoms with Crippen molar-refractivity contribution in [2.45, 2.75) is 13.5 Å². The number of nitrogens with zero attached hydrogens (tertiary/aromatic N) is 2. The Morgan fingerprint density at radius 1 is 1.43 bits per heavy atom. The predicted molar refractivity (Wildman–Crippen MR) is 77.3 cm³/mol. The van der Waals surface area contributed by atoms with Crippen molar-refractivity contribution in [1.82, 2.24) is 9.88 Å². The second-order valence-corrected chi connectivity index (χ2v) is 4.26. The fraction of sp³-hybridized carbons (Fsp3) is 0.250. The fourth-order valence-corrected chi connectivity index (χ4v) is 1.88. The number of pyridine rings is 1. The van der Waals surface area contributed by atoms with Gasteiger partial charge in [-0.15, -0.1) is 0 Å². The standard InChI is InChI=1S/C16H16N2O3/c1-2-18(12-14-8-5-11-21-14)16(20)15-13(7-4-10-19)6-3-9-17-15/h3,5-6,8-9,11,19H,2,10,12H2,1H3. The Kier molecular flexibility index (Phi) is 5.13. The molecule has 1 amide bonds. The topological polar surface area (TPSA) is 66.6 Å². The molecule has 2 aromatic rings. The number of carbonyl (C=O) groups is 1. The molecule has 2 aromatic heterocycles. The Balaban J connectivity index is 2.25. The number of rotatable bonds is 4. The van der Waals surface area contributed by atoms with Gasteiger partial charge in [-0.1, -0.05) is 11.8 Å². The maximum atomic E-state index is 12.6. The van der Waals surface area contributed by atoms with Crippen molar-refractivity contribution in [1.29, 1.82) is 0 Å². The van der Waals surface area contributed by atoms with Gasteiger partial charge in [0, 0.05) is 12.7 Å². The summed E-state index contributed by atoms with van der Waals surface area (Å²) in [6.45, 7) is 2.55. The predicted octanol–water partition coefficient (Wildman–Crippen LogP) is 1.68. The number of aromatic nitrogens is 1. The molecule has 0 spiro atoms. The van der Waals surface area contributed by atoms with E-state index in [1.54, 1.807) is 35.6 Å². The van der Waals surface area contributed by atoms with Gasteiger partial charge >= 0.3 is 0 Å². The van der Waals surface area contributed by atoms with E-state index < -0.39 is 0 Å². The summed E-state index contributed by atoms with van der Waals surface area (Å²) in [5.74, 6) is 5.79. The zero-order valence-corrected chi connectivity index (χ0v) is 11.7. The van der Waals surface area contributed by atoms with Crippen LogP contribution in [-0.2, 0) is 6.54 Å². The molecule has 2 rings (SSSR count). The lowest BCUT2D eigenvalue weighted by Gasteiger charge is -2.19. The number of furan rings is 1. The highest BCUT2D eigenvalue weighted by Gasteiger charge is 2.19. The molecule has 0 saturated heterocycles. The molecule has 1 N–H and O–H groups in total. The smallest absolute Gasteiger partial charge is 0.274 e. The minimum atomic E-state index is -0.258. The van der Waals surface area contributed by atoms with E-state index in [-0.39, 0.29) is 18.2 Å². The Morgan fingerprint density at radius 3 is 2.95 bits per heavy atom. The first kappa shape index (κ1) is 14.8. The third-order valence-corrected chi connectivity index (χ3v) is 2.91. The lowest BCUT2D eigenvalue weighted by molar-refractivity contribution is 0.0735. The first-order valence-electron chi connectivity index (χ1n) is 6.62. The van der Waals surface area contributed by atoms with Gasteiger partial charge in [0.05, 0.1) is 18.4 Å². The molecule has 0 aliphatic heterocycles. The van der Waals surface area contributed by atoms with Crippen LogP contribution in [0.1, 0.15) is 28.7 Å². The summed E-state index contributed by atoms with van der Waals surface area (Å²) in [6.07, 6.45) is 3.13. The Hall–Kier alpha value is -2.58. The lowest BCUT2D eigenvalue weighted by atomic mass is 10.1. The van der Waals surface area contributed by atoms with Gasteiger partial charge in [-0.05, 0) is 31.2 Å². The molecule has 108 valence electrons. The van der Waals surface area contributed by atoms with Gasteiger partial charge in [-0.25, -0.2) is 4.98 Å². The van der Waals surface area contributed by atoms with Gasteiger partial charge in [0.1, 0.15) is 18.1 Å². The van der Waals surface area contributed by atoms with E-state index in [9.17, 15) is 4.79 Å². The largest absolute Gasteiger partial charge is 0.467 e. The van der Waals surface area contributed by atoms with Crippen molar-refractivity contribution in [2.75, 3.05) is 13.2 Å². The molecule has 0 radical (unpaired) electrons. The summed E-state index contributed by atoms with van der Waals surface area (Å²) in [5, 5.41) is 8.78. The second-order valence-electron chi connectivity index (χ2n) is 4.26. The molecular formula is C16H16N2O3. The molecule has 0 aliphatic rings. The Bertz CT molecular complexity index is 654. The second kappa shape index (κ2) is 7.27. The van der Waals surface area contributed by atoms with Crippen molar-refractivity contribution >= 4 is 5.91 Å². The van der Waals surface area contributed by atoms with Crippen molar-refractivity contribution in [3.05, 3.63) is 53.7 Å². The molecule has 5 nitrogen and oxygen atoms in total. The molecule has 0 unspecified atom stereocenters. The Morgan fingerprint density at radius 2 is 2.29 bits per heavy atom. The highest BCUT2D eigenvalue weighted by molar-refractivity contribution is 5.94. The first-order chi connectivity index (χ1) is 10.3. The van der Waals surface area contributed by atoms with Crippen LogP contribution in [0.15, 0.2) is 41.1 Å². The van der Waals surface area contributed by atoms with Crippen molar-refractivity contribution in [3.8, 4) is 11.8 Å². The van der Waals surface area contributed by atoms with E-state index in [1.807, 2.05) is 13.0 Å². The SMILES string of the molecule is CCN(Cc1ccco1)C(=O)c1ncccc1C#CCO. The third kappa shape index (κ3) is 3.71. The van der Waals surface area contributed by atoms with Crippen LogP contribution in [0.25, 0.3) is 0 Å². The number of hydrogen-bond donors (Lipinski definition) is 1. The number of amides is 1. The van der Waals surface area contributed by atoms with Crippen LogP contribution in [0.2, 0.25) is 0 Å². The van der Waals surface area contributed by atoms with Crippen LogP contribution in [0, 0.1) is 11.8 Å². The van der Waals surface area contributed by atoms with Crippen molar-refractivity contribution in [2.24, 2.45) is 0 Å². The number of hydrogen-bond acceptors (Lipinski definition) is 4. The Labute approximate surface area is 123 Å². The van der Waals surface area contributed by atoms with Crippen LogP contribution >= 0.6 is 0 Å². The number of aliphatic hydroxyl groups excluding tert-OH is 1. The van der Waals surface area contributed by atoms with Crippen LogP contribution in [-0.4, -0.2) is 34.0 Å². The molecule has 0 aliphatic carbocycles. The molecule has 0 atom stereocenters. The number of aliphatic hydroxyl groups is 1. The molecule has 0 saturated carbocycles. The summed E-state index contributed by atoms with van der Waals surface area (Å²) >= 11 is 0. The average molecular weight is 284 g/mol. The van der Waals surface area contributed by atoms with Crippen LogP contribution in [0.5, 0.6) is 0 Å². The molecule has 0 bridgehead atoms. The monoisotopic (exact) mass is 284 g/mol. The zero-order valence-electron chi connectivity index (χ0n) is 11.7. The third-order valence-electron chi connectivity index (χ3n) is 2.91. The maximum absolute atomic E-state index is 12.6. The molecule has 2 heterocycles. The van der Waals surface area contributed by atoms with E-state index in [4.69, 9.17) is 9.52 Å². The first-order valence-corrected chi connectivity index (χ1v) is 6.62. The average Bonchev–Trinajstić information content (AvgIpc) is 3.03. The summed E-state index contributed by atoms with van der Waals surface area (Å²) in [5.41, 5.74) is 0.793. The number of carbonyl (C=O) groups excluding carboxylic acids is 1. The zero-order chi connectivity index (χ0) is 15.1. The van der Waals surface area contributed by atoms with E-state index in [0.717, 1.165) is 0 Å².